The highest BCUT2D eigenvalue weighted by atomic mass is 35.5. The van der Waals surface area contributed by atoms with Crippen molar-refractivity contribution in [1.82, 2.24) is 14.7 Å². The molecule has 0 radical (unpaired) electrons. The van der Waals surface area contributed by atoms with E-state index in [1.54, 1.807) is 6.20 Å². The zero-order chi connectivity index (χ0) is 11.8. The monoisotopic (exact) mass is 326 g/mol. The molecular weight excluding hydrogens is 307 g/mol. The fourth-order valence-electron chi connectivity index (χ4n) is 3.25. The first kappa shape index (κ1) is 17.1. The minimum absolute atomic E-state index is 0. The fourth-order valence-corrected chi connectivity index (χ4v) is 3.41. The van der Waals surface area contributed by atoms with Gasteiger partial charge in [-0.15, -0.1) is 24.8 Å². The summed E-state index contributed by atoms with van der Waals surface area (Å²) in [5.74, 6) is 1.44. The first-order chi connectivity index (χ1) is 8.22. The second kappa shape index (κ2) is 7.14. The van der Waals surface area contributed by atoms with Crippen molar-refractivity contribution in [3.05, 3.63) is 17.4 Å². The molecule has 2 fully saturated rings. The van der Waals surface area contributed by atoms with Crippen LogP contribution in [0.5, 0.6) is 0 Å². The molecule has 19 heavy (non-hydrogen) atoms. The van der Waals surface area contributed by atoms with Crippen molar-refractivity contribution in [3.63, 3.8) is 0 Å². The van der Waals surface area contributed by atoms with Crippen LogP contribution in [-0.2, 0) is 6.54 Å². The van der Waals surface area contributed by atoms with Crippen LogP contribution in [-0.4, -0.2) is 40.4 Å². The maximum atomic E-state index is 6.20. The van der Waals surface area contributed by atoms with Crippen molar-refractivity contribution in [2.24, 2.45) is 17.6 Å². The first-order valence-corrected chi connectivity index (χ1v) is 6.76. The number of nitrogens with zero attached hydrogens (tertiary/aromatic N) is 3. The summed E-state index contributed by atoms with van der Waals surface area (Å²) in [6, 6.07) is 0.449. The number of rotatable bonds is 3. The summed E-state index contributed by atoms with van der Waals surface area (Å²) in [6.45, 7) is 4.29. The van der Waals surface area contributed by atoms with E-state index in [1.165, 1.54) is 12.8 Å². The smallest absolute Gasteiger partial charge is 0.0785 e. The van der Waals surface area contributed by atoms with Crippen LogP contribution in [0.25, 0.3) is 0 Å². The molecule has 1 saturated heterocycles. The van der Waals surface area contributed by atoms with Gasteiger partial charge in [0.2, 0.25) is 0 Å². The van der Waals surface area contributed by atoms with Crippen LogP contribution in [0.15, 0.2) is 12.4 Å². The molecule has 2 N–H and O–H groups in total. The van der Waals surface area contributed by atoms with E-state index < -0.39 is 0 Å². The number of likely N-dealkylation sites (tertiary alicyclic amines) is 1. The molecule has 0 spiro atoms. The van der Waals surface area contributed by atoms with Crippen LogP contribution in [0.1, 0.15) is 12.8 Å². The maximum Gasteiger partial charge on any atom is 0.0785 e. The van der Waals surface area contributed by atoms with Crippen molar-refractivity contribution < 1.29 is 0 Å². The minimum atomic E-state index is 0. The molecule has 2 bridgehead atoms. The van der Waals surface area contributed by atoms with Crippen molar-refractivity contribution in [2.75, 3.05) is 19.6 Å². The third-order valence-electron chi connectivity index (χ3n) is 4.23. The fraction of sp³-hybridized carbons (Fsp3) is 0.750. The number of hydrogen-bond acceptors (Lipinski definition) is 3. The summed E-state index contributed by atoms with van der Waals surface area (Å²) in [5, 5.41) is 4.92. The second-order valence-corrected chi connectivity index (χ2v) is 5.79. The molecule has 1 unspecified atom stereocenters. The quantitative estimate of drug-likeness (QED) is 0.924. The van der Waals surface area contributed by atoms with Gasteiger partial charge in [-0.05, 0) is 24.7 Å². The van der Waals surface area contributed by atoms with Gasteiger partial charge in [0.1, 0.15) is 0 Å². The van der Waals surface area contributed by atoms with E-state index in [0.717, 1.165) is 38.0 Å². The minimum Gasteiger partial charge on any atom is -0.327 e. The van der Waals surface area contributed by atoms with Gasteiger partial charge in [0.15, 0.2) is 0 Å². The Hall–Kier alpha value is -0.000000000000000111. The highest BCUT2D eigenvalue weighted by Gasteiger charge is 2.39. The molecule has 1 aliphatic carbocycles. The number of fused-ring (bicyclic) bond motifs is 2. The van der Waals surface area contributed by atoms with E-state index in [4.69, 9.17) is 17.3 Å². The third-order valence-corrected chi connectivity index (χ3v) is 4.42. The molecular formula is C12H21Cl3N4. The van der Waals surface area contributed by atoms with Gasteiger partial charge in [-0.1, -0.05) is 11.6 Å². The second-order valence-electron chi connectivity index (χ2n) is 5.36. The van der Waals surface area contributed by atoms with Crippen LogP contribution < -0.4 is 5.73 Å². The predicted molar refractivity (Wildman–Crippen MR) is 82.4 cm³/mol. The number of nitrogens with two attached hydrogens (primary N) is 1. The summed E-state index contributed by atoms with van der Waals surface area (Å²) in [4.78, 5) is 2.53. The third kappa shape index (κ3) is 3.76. The van der Waals surface area contributed by atoms with Gasteiger partial charge >= 0.3 is 0 Å². The Morgan fingerprint density at radius 2 is 1.84 bits per heavy atom. The predicted octanol–water partition coefficient (Wildman–Crippen LogP) is 2.05. The molecule has 1 saturated carbocycles. The Morgan fingerprint density at radius 1 is 1.21 bits per heavy atom. The Morgan fingerprint density at radius 3 is 2.37 bits per heavy atom. The lowest BCUT2D eigenvalue weighted by molar-refractivity contribution is 0.141. The molecule has 0 amide bonds. The van der Waals surface area contributed by atoms with E-state index in [-0.39, 0.29) is 24.8 Å². The van der Waals surface area contributed by atoms with Crippen LogP contribution in [0.3, 0.4) is 0 Å². The van der Waals surface area contributed by atoms with Gasteiger partial charge in [0.25, 0.3) is 0 Å². The van der Waals surface area contributed by atoms with Crippen molar-refractivity contribution in [1.29, 1.82) is 0 Å². The maximum absolute atomic E-state index is 6.20. The largest absolute Gasteiger partial charge is 0.327 e. The lowest BCUT2D eigenvalue weighted by atomic mass is 9.93. The van der Waals surface area contributed by atoms with E-state index in [0.29, 0.717) is 11.1 Å². The van der Waals surface area contributed by atoms with E-state index in [9.17, 15) is 0 Å². The summed E-state index contributed by atoms with van der Waals surface area (Å²) < 4.78 is 1.92. The van der Waals surface area contributed by atoms with Gasteiger partial charge in [0, 0.05) is 31.9 Å². The molecule has 1 aromatic rings. The average molecular weight is 328 g/mol. The molecule has 7 heteroatoms. The van der Waals surface area contributed by atoms with Crippen LogP contribution in [0, 0.1) is 11.8 Å². The molecule has 2 aliphatic rings. The number of aromatic nitrogens is 2. The zero-order valence-corrected chi connectivity index (χ0v) is 13.1. The Balaban J connectivity index is 0.000000902. The molecule has 0 aromatic carbocycles. The molecule has 1 aliphatic heterocycles. The summed E-state index contributed by atoms with van der Waals surface area (Å²) in [7, 11) is 0. The number of hydrogen-bond donors (Lipinski definition) is 1. The Labute approximate surface area is 131 Å². The average Bonchev–Trinajstić information content (AvgIpc) is 2.78. The number of piperidine rings is 1. The zero-order valence-electron chi connectivity index (χ0n) is 10.7. The van der Waals surface area contributed by atoms with Gasteiger partial charge in [-0.2, -0.15) is 5.10 Å². The summed E-state index contributed by atoms with van der Waals surface area (Å²) >= 11 is 5.84. The van der Waals surface area contributed by atoms with Crippen LogP contribution >= 0.6 is 36.4 Å². The topological polar surface area (TPSA) is 47.1 Å². The standard InChI is InChI=1S/C12H19ClN4.2ClH/c13-11-5-15-17(8-11)4-3-16-6-9-1-2-10(7-16)12(9)14;;/h5,8-10,12H,1-4,6-7,14H2;2*1H/t9-,10+,12?;;. The molecule has 1 aromatic heterocycles. The summed E-state index contributed by atoms with van der Waals surface area (Å²) in [5.41, 5.74) is 6.20. The Bertz CT molecular complexity index is 384. The van der Waals surface area contributed by atoms with Crippen molar-refractivity contribution in [2.45, 2.75) is 25.4 Å². The van der Waals surface area contributed by atoms with Gasteiger partial charge in [-0.3, -0.25) is 4.68 Å². The lowest BCUT2D eigenvalue weighted by Crippen LogP contribution is -2.49. The van der Waals surface area contributed by atoms with Crippen molar-refractivity contribution in [3.8, 4) is 0 Å². The van der Waals surface area contributed by atoms with E-state index in [1.807, 2.05) is 10.9 Å². The van der Waals surface area contributed by atoms with Gasteiger partial charge in [-0.25, -0.2) is 0 Å². The normalized spacial score (nSPS) is 29.7. The molecule has 110 valence electrons. The first-order valence-electron chi connectivity index (χ1n) is 6.38. The van der Waals surface area contributed by atoms with Crippen LogP contribution in [0.4, 0.5) is 0 Å². The molecule has 2 heterocycles. The highest BCUT2D eigenvalue weighted by Crippen LogP contribution is 2.35. The van der Waals surface area contributed by atoms with E-state index >= 15 is 0 Å². The molecule has 4 nitrogen and oxygen atoms in total. The number of halogens is 3. The Kier molecular flexibility index (Phi) is 6.40. The van der Waals surface area contributed by atoms with Crippen LogP contribution in [0.2, 0.25) is 5.02 Å². The highest BCUT2D eigenvalue weighted by molar-refractivity contribution is 6.30. The molecule has 3 rings (SSSR count). The summed E-state index contributed by atoms with van der Waals surface area (Å²) in [6.07, 6.45) is 6.20. The van der Waals surface area contributed by atoms with Gasteiger partial charge < -0.3 is 10.6 Å². The molecule has 3 atom stereocenters. The van der Waals surface area contributed by atoms with Gasteiger partial charge in [0.05, 0.1) is 17.8 Å². The SMILES string of the molecule is Cl.Cl.NC1[C@@H]2CC[C@H]1CN(CCn1cc(Cl)cn1)C2. The van der Waals surface area contributed by atoms with Crippen molar-refractivity contribution >= 4 is 36.4 Å². The lowest BCUT2D eigenvalue weighted by Gasteiger charge is -2.36. The van der Waals surface area contributed by atoms with E-state index in [2.05, 4.69) is 10.00 Å².